The predicted octanol–water partition coefficient (Wildman–Crippen LogP) is 3.25. The number of carbonyl (C=O) groups excluding carboxylic acids is 1. The van der Waals surface area contributed by atoms with Gasteiger partial charge in [0.15, 0.2) is 0 Å². The zero-order valence-corrected chi connectivity index (χ0v) is 12.9. The summed E-state index contributed by atoms with van der Waals surface area (Å²) in [4.78, 5) is 24.6. The Morgan fingerprint density at radius 1 is 1.22 bits per heavy atom. The molecule has 0 radical (unpaired) electrons. The molecule has 0 saturated carbocycles. The number of carboxylic acids is 1. The van der Waals surface area contributed by atoms with Crippen molar-refractivity contribution in [3.63, 3.8) is 0 Å². The molecule has 0 aromatic heterocycles. The van der Waals surface area contributed by atoms with Gasteiger partial charge in [0.25, 0.3) is 0 Å². The largest absolute Gasteiger partial charge is 0.478 e. The number of carbonyl (C=O) groups is 2. The molecule has 1 amide bonds. The van der Waals surface area contributed by atoms with Crippen LogP contribution in [-0.4, -0.2) is 34.6 Å². The van der Waals surface area contributed by atoms with E-state index in [1.54, 1.807) is 6.07 Å². The minimum absolute atomic E-state index is 0.105. The number of rotatable bonds is 3. The number of fused-ring (bicyclic) bond motifs is 1. The van der Waals surface area contributed by atoms with Crippen LogP contribution in [0, 0.1) is 5.41 Å². The summed E-state index contributed by atoms with van der Waals surface area (Å²) in [5, 5.41) is 9.00. The zero-order valence-electron chi connectivity index (χ0n) is 12.9. The number of hydrogen-bond donors (Lipinski definition) is 1. The molecule has 23 heavy (non-hydrogen) atoms. The summed E-state index contributed by atoms with van der Waals surface area (Å²) in [6.07, 6.45) is -4.56. The predicted molar refractivity (Wildman–Crippen MR) is 77.0 cm³/mol. The quantitative estimate of drug-likeness (QED) is 0.926. The number of alkyl halides is 3. The number of nitrogens with zero attached hydrogens (tertiary/aromatic N) is 1. The summed E-state index contributed by atoms with van der Waals surface area (Å²) < 4.78 is 38.7. The second-order valence-corrected chi connectivity index (χ2v) is 6.41. The van der Waals surface area contributed by atoms with E-state index in [9.17, 15) is 22.8 Å². The molecule has 126 valence electrons. The van der Waals surface area contributed by atoms with Gasteiger partial charge in [-0.2, -0.15) is 13.2 Å². The molecule has 1 aromatic carbocycles. The Kier molecular flexibility index (Phi) is 4.41. The maximum atomic E-state index is 12.9. The Balaban J connectivity index is 2.14. The Morgan fingerprint density at radius 2 is 1.87 bits per heavy atom. The van der Waals surface area contributed by atoms with Crippen molar-refractivity contribution in [3.8, 4) is 0 Å². The Morgan fingerprint density at radius 3 is 2.43 bits per heavy atom. The van der Waals surface area contributed by atoms with E-state index in [4.69, 9.17) is 5.11 Å². The van der Waals surface area contributed by atoms with E-state index in [1.165, 1.54) is 17.0 Å². The molecule has 1 aliphatic heterocycles. The highest BCUT2D eigenvalue weighted by Gasteiger charge is 2.48. The number of benzene rings is 1. The lowest BCUT2D eigenvalue weighted by atomic mass is 9.87. The van der Waals surface area contributed by atoms with Crippen LogP contribution in [0.5, 0.6) is 0 Å². The lowest BCUT2D eigenvalue weighted by molar-refractivity contribution is -0.215. The lowest BCUT2D eigenvalue weighted by Gasteiger charge is -2.33. The van der Waals surface area contributed by atoms with Gasteiger partial charge in [0, 0.05) is 19.5 Å². The number of amides is 1. The van der Waals surface area contributed by atoms with Crippen molar-refractivity contribution in [1.82, 2.24) is 4.90 Å². The summed E-state index contributed by atoms with van der Waals surface area (Å²) >= 11 is 0. The average Bonchev–Trinajstić information content (AvgIpc) is 2.44. The van der Waals surface area contributed by atoms with Crippen LogP contribution in [0.4, 0.5) is 13.2 Å². The summed E-state index contributed by atoms with van der Waals surface area (Å²) in [5.41, 5.74) is -0.384. The normalized spacial score (nSPS) is 15.3. The first-order valence-electron chi connectivity index (χ1n) is 7.21. The topological polar surface area (TPSA) is 57.6 Å². The maximum Gasteiger partial charge on any atom is 0.394 e. The molecule has 0 atom stereocenters. The third kappa shape index (κ3) is 3.65. The third-order valence-corrected chi connectivity index (χ3v) is 4.18. The first-order chi connectivity index (χ1) is 10.5. The first kappa shape index (κ1) is 17.3. The van der Waals surface area contributed by atoms with Gasteiger partial charge < -0.3 is 10.0 Å². The molecule has 0 unspecified atom stereocenters. The van der Waals surface area contributed by atoms with Crippen LogP contribution in [-0.2, 0) is 17.8 Å². The van der Waals surface area contributed by atoms with Gasteiger partial charge in [-0.25, -0.2) is 4.79 Å². The van der Waals surface area contributed by atoms with Gasteiger partial charge in [-0.05, 0) is 29.7 Å². The second kappa shape index (κ2) is 5.86. The van der Waals surface area contributed by atoms with E-state index in [2.05, 4.69) is 0 Å². The van der Waals surface area contributed by atoms with Crippen LogP contribution >= 0.6 is 0 Å². The van der Waals surface area contributed by atoms with Gasteiger partial charge in [0.2, 0.25) is 5.91 Å². The van der Waals surface area contributed by atoms with Crippen molar-refractivity contribution in [2.24, 2.45) is 5.41 Å². The summed E-state index contributed by atoms with van der Waals surface area (Å²) in [5.74, 6) is -1.65. The Labute approximate surface area is 131 Å². The Bertz CT molecular complexity index is 638. The number of hydrogen-bond acceptors (Lipinski definition) is 2. The van der Waals surface area contributed by atoms with Gasteiger partial charge in [-0.3, -0.25) is 4.79 Å². The van der Waals surface area contributed by atoms with Crippen LogP contribution in [0.15, 0.2) is 18.2 Å². The first-order valence-corrected chi connectivity index (χ1v) is 7.21. The van der Waals surface area contributed by atoms with Crippen LogP contribution in [0.3, 0.4) is 0 Å². The minimum atomic E-state index is -4.45. The zero-order chi connectivity index (χ0) is 17.4. The highest BCUT2D eigenvalue weighted by atomic mass is 19.4. The SMILES string of the molecule is CC(C)(CC(=O)N1CCc2ccc(C(=O)O)cc2C1)C(F)(F)F. The van der Waals surface area contributed by atoms with Gasteiger partial charge in [-0.1, -0.05) is 19.9 Å². The van der Waals surface area contributed by atoms with Crippen molar-refractivity contribution in [2.75, 3.05) is 6.54 Å². The van der Waals surface area contributed by atoms with Gasteiger partial charge in [0.1, 0.15) is 0 Å². The Hall–Kier alpha value is -2.05. The molecule has 1 N–H and O–H groups in total. The molecule has 1 aromatic rings. The summed E-state index contributed by atoms with van der Waals surface area (Å²) in [6.45, 7) is 2.49. The maximum absolute atomic E-state index is 12.9. The summed E-state index contributed by atoms with van der Waals surface area (Å²) in [6, 6.07) is 4.66. The molecule has 4 nitrogen and oxygen atoms in total. The third-order valence-electron chi connectivity index (χ3n) is 4.18. The van der Waals surface area contributed by atoms with Crippen molar-refractivity contribution >= 4 is 11.9 Å². The van der Waals surface area contributed by atoms with Crippen LogP contribution in [0.2, 0.25) is 0 Å². The highest BCUT2D eigenvalue weighted by Crippen LogP contribution is 2.40. The molecular formula is C16H18F3NO3. The fourth-order valence-corrected chi connectivity index (χ4v) is 2.49. The average molecular weight is 329 g/mol. The fraction of sp³-hybridized carbons (Fsp3) is 0.500. The van der Waals surface area contributed by atoms with Crippen molar-refractivity contribution in [1.29, 1.82) is 0 Å². The minimum Gasteiger partial charge on any atom is -0.478 e. The molecule has 1 heterocycles. The standard InChI is InChI=1S/C16H18F3NO3/c1-15(2,16(17,18)19)8-13(21)20-6-5-10-3-4-11(14(22)23)7-12(10)9-20/h3-4,7H,5-6,8-9H2,1-2H3,(H,22,23). The monoisotopic (exact) mass is 329 g/mol. The van der Waals surface area contributed by atoms with E-state index >= 15 is 0 Å². The molecule has 1 aliphatic rings. The van der Waals surface area contributed by atoms with E-state index < -0.39 is 29.9 Å². The second-order valence-electron chi connectivity index (χ2n) is 6.41. The van der Waals surface area contributed by atoms with E-state index in [0.29, 0.717) is 18.5 Å². The van der Waals surface area contributed by atoms with Gasteiger partial charge in [-0.15, -0.1) is 0 Å². The number of carboxylic acid groups (broad SMARTS) is 1. The molecule has 0 saturated heterocycles. The number of aromatic carboxylic acids is 1. The van der Waals surface area contributed by atoms with Crippen molar-refractivity contribution in [2.45, 2.75) is 39.4 Å². The molecule has 0 bridgehead atoms. The molecule has 0 spiro atoms. The smallest absolute Gasteiger partial charge is 0.394 e. The van der Waals surface area contributed by atoms with E-state index in [0.717, 1.165) is 19.4 Å². The molecule has 0 aliphatic carbocycles. The molecule has 2 rings (SSSR count). The number of halogens is 3. The van der Waals surface area contributed by atoms with E-state index in [1.807, 2.05) is 0 Å². The van der Waals surface area contributed by atoms with Crippen molar-refractivity contribution in [3.05, 3.63) is 34.9 Å². The van der Waals surface area contributed by atoms with Crippen LogP contribution in [0.1, 0.15) is 41.8 Å². The van der Waals surface area contributed by atoms with Crippen LogP contribution in [0.25, 0.3) is 0 Å². The van der Waals surface area contributed by atoms with Crippen LogP contribution < -0.4 is 0 Å². The highest BCUT2D eigenvalue weighted by molar-refractivity contribution is 5.88. The summed E-state index contributed by atoms with van der Waals surface area (Å²) in [7, 11) is 0. The van der Waals surface area contributed by atoms with E-state index in [-0.39, 0.29) is 12.1 Å². The van der Waals surface area contributed by atoms with Gasteiger partial charge >= 0.3 is 12.1 Å². The lowest BCUT2D eigenvalue weighted by Crippen LogP contribution is -2.42. The molecular weight excluding hydrogens is 311 g/mol. The van der Waals surface area contributed by atoms with Crippen molar-refractivity contribution < 1.29 is 27.9 Å². The van der Waals surface area contributed by atoms with Gasteiger partial charge in [0.05, 0.1) is 11.0 Å². The molecule has 0 fully saturated rings. The molecule has 7 heteroatoms. The fourth-order valence-electron chi connectivity index (χ4n) is 2.49.